The largest absolute Gasteiger partial charge is 0.496 e. The van der Waals surface area contributed by atoms with E-state index in [1.54, 1.807) is 16.6 Å². The fraction of sp³-hybridized carbons (Fsp3) is 0.344. The van der Waals surface area contributed by atoms with Crippen molar-refractivity contribution in [3.8, 4) is 28.3 Å². The Bertz CT molecular complexity index is 1590. The van der Waals surface area contributed by atoms with E-state index >= 15 is 0 Å². The van der Waals surface area contributed by atoms with Crippen LogP contribution in [0.1, 0.15) is 33.6 Å². The van der Waals surface area contributed by atoms with Gasteiger partial charge in [-0.1, -0.05) is 41.9 Å². The van der Waals surface area contributed by atoms with Crippen LogP contribution in [0.4, 0.5) is 4.79 Å². The van der Waals surface area contributed by atoms with Crippen LogP contribution < -0.4 is 10.3 Å². The third-order valence-corrected chi connectivity index (χ3v) is 7.34. The van der Waals surface area contributed by atoms with Gasteiger partial charge in [-0.05, 0) is 87.1 Å². The molecule has 8 heteroatoms. The number of likely N-dealkylation sites (tertiary alicyclic amines) is 1. The monoisotopic (exact) mass is 559 g/mol. The number of hydrogen-bond donors (Lipinski definition) is 0. The summed E-state index contributed by atoms with van der Waals surface area (Å²) in [4.78, 5) is 33.7. The minimum atomic E-state index is -0.567. The maximum Gasteiger partial charge on any atom is 0.410 e. The summed E-state index contributed by atoms with van der Waals surface area (Å²) in [6, 6.07) is 20.9. The number of fused-ring (bicyclic) bond motifs is 1. The van der Waals surface area contributed by atoms with Gasteiger partial charge in [0, 0.05) is 24.7 Å². The maximum atomic E-state index is 14.2. The third-order valence-electron chi connectivity index (χ3n) is 7.09. The fourth-order valence-electron chi connectivity index (χ4n) is 5.21. The number of halogens is 1. The van der Waals surface area contributed by atoms with Gasteiger partial charge in [0.1, 0.15) is 17.2 Å². The van der Waals surface area contributed by atoms with E-state index in [0.29, 0.717) is 47.1 Å². The Kier molecular flexibility index (Phi) is 7.86. The fourth-order valence-corrected chi connectivity index (χ4v) is 5.34. The average Bonchev–Trinajstić information content (AvgIpc) is 2.94. The molecule has 1 amide bonds. The second kappa shape index (κ2) is 11.3. The molecule has 40 heavy (non-hydrogen) atoms. The van der Waals surface area contributed by atoms with Crippen molar-refractivity contribution in [1.82, 2.24) is 14.5 Å². The summed E-state index contributed by atoms with van der Waals surface area (Å²) in [5.74, 6) is 1.24. The highest BCUT2D eigenvalue weighted by Gasteiger charge is 2.29. The van der Waals surface area contributed by atoms with Gasteiger partial charge in [0.25, 0.3) is 5.56 Å². The smallest absolute Gasteiger partial charge is 0.410 e. The Morgan fingerprint density at radius 1 is 1.05 bits per heavy atom. The summed E-state index contributed by atoms with van der Waals surface area (Å²) < 4.78 is 13.0. The van der Waals surface area contributed by atoms with Crippen molar-refractivity contribution in [3.63, 3.8) is 0 Å². The van der Waals surface area contributed by atoms with Crippen molar-refractivity contribution in [2.24, 2.45) is 5.92 Å². The molecule has 1 saturated heterocycles. The van der Waals surface area contributed by atoms with E-state index in [4.69, 9.17) is 26.1 Å². The van der Waals surface area contributed by atoms with Gasteiger partial charge in [-0.15, -0.1) is 0 Å². The number of benzene rings is 3. The Morgan fingerprint density at radius 2 is 1.77 bits per heavy atom. The second-order valence-electron chi connectivity index (χ2n) is 11.2. The average molecular weight is 560 g/mol. The van der Waals surface area contributed by atoms with Crippen LogP contribution in [0, 0.1) is 5.92 Å². The molecule has 1 aliphatic heterocycles. The molecule has 2 heterocycles. The Hall–Kier alpha value is -3.84. The summed E-state index contributed by atoms with van der Waals surface area (Å²) in [6.07, 6.45) is 1.41. The molecule has 0 bridgehead atoms. The normalized spacial score (nSPS) is 15.7. The van der Waals surface area contributed by atoms with E-state index < -0.39 is 5.60 Å². The van der Waals surface area contributed by atoms with E-state index in [-0.39, 0.29) is 17.6 Å². The Morgan fingerprint density at radius 3 is 2.50 bits per heavy atom. The van der Waals surface area contributed by atoms with Crippen molar-refractivity contribution >= 4 is 28.6 Å². The van der Waals surface area contributed by atoms with Crippen molar-refractivity contribution in [2.45, 2.75) is 45.8 Å². The first-order chi connectivity index (χ1) is 19.1. The minimum Gasteiger partial charge on any atom is -0.496 e. The van der Waals surface area contributed by atoms with E-state index in [2.05, 4.69) is 0 Å². The molecule has 4 aromatic rings. The number of rotatable bonds is 5. The van der Waals surface area contributed by atoms with Gasteiger partial charge in [-0.2, -0.15) is 0 Å². The summed E-state index contributed by atoms with van der Waals surface area (Å²) >= 11 is 6.09. The highest BCUT2D eigenvalue weighted by atomic mass is 35.5. The van der Waals surface area contributed by atoms with Crippen molar-refractivity contribution in [1.29, 1.82) is 0 Å². The quantitative estimate of drug-likeness (QED) is 0.262. The molecule has 0 unspecified atom stereocenters. The predicted molar refractivity (Wildman–Crippen MR) is 159 cm³/mol. The van der Waals surface area contributed by atoms with Crippen LogP contribution in [0.5, 0.6) is 5.75 Å². The van der Waals surface area contributed by atoms with E-state index in [1.165, 1.54) is 0 Å². The molecule has 0 N–H and O–H groups in total. The standard InChI is InChI=1S/C32H34ClN3O4/c1-32(2,3)40-31(38)35-17-7-8-21(19-35)20-36-29(25-9-5-6-10-28(25)39-4)34-27-16-13-23(18-26(27)30(36)37)22-11-14-24(33)15-12-22/h5-6,9-16,18,21H,7-8,17,19-20H2,1-4H3/t21-/m1/s1. The summed E-state index contributed by atoms with van der Waals surface area (Å²) in [5.41, 5.74) is 2.53. The van der Waals surface area contributed by atoms with E-state index in [0.717, 1.165) is 29.5 Å². The molecular weight excluding hydrogens is 526 g/mol. The minimum absolute atomic E-state index is 0.0612. The zero-order valence-corrected chi connectivity index (χ0v) is 24.1. The Labute approximate surface area is 239 Å². The predicted octanol–water partition coefficient (Wildman–Crippen LogP) is 7.04. The molecule has 0 spiro atoms. The van der Waals surface area contributed by atoms with Crippen LogP contribution >= 0.6 is 11.6 Å². The molecule has 1 aromatic heterocycles. The number of hydrogen-bond acceptors (Lipinski definition) is 5. The van der Waals surface area contributed by atoms with Gasteiger partial charge < -0.3 is 14.4 Å². The lowest BCUT2D eigenvalue weighted by atomic mass is 9.97. The first-order valence-electron chi connectivity index (χ1n) is 13.5. The SMILES string of the molecule is COc1ccccc1-c1nc2ccc(-c3ccc(Cl)cc3)cc2c(=O)n1C[C@@H]1CCCN(C(=O)OC(C)(C)C)C1. The first kappa shape index (κ1) is 27.7. The number of carbonyl (C=O) groups is 1. The number of para-hydroxylation sites is 1. The molecule has 1 fully saturated rings. The summed E-state index contributed by atoms with van der Waals surface area (Å²) in [5, 5.41) is 1.19. The van der Waals surface area contributed by atoms with Gasteiger partial charge in [0.05, 0.1) is 23.6 Å². The van der Waals surface area contributed by atoms with Crippen LogP contribution in [0.3, 0.4) is 0 Å². The van der Waals surface area contributed by atoms with Crippen molar-refractivity contribution < 1.29 is 14.3 Å². The lowest BCUT2D eigenvalue weighted by Crippen LogP contribution is -2.44. The number of aromatic nitrogens is 2. The number of amides is 1. The second-order valence-corrected chi connectivity index (χ2v) is 11.7. The zero-order valence-electron chi connectivity index (χ0n) is 23.3. The van der Waals surface area contributed by atoms with E-state index in [1.807, 2.05) is 87.5 Å². The van der Waals surface area contributed by atoms with Crippen molar-refractivity contribution in [2.75, 3.05) is 20.2 Å². The lowest BCUT2D eigenvalue weighted by molar-refractivity contribution is 0.0157. The molecule has 1 atom stereocenters. The van der Waals surface area contributed by atoms with Crippen LogP contribution in [-0.4, -0.2) is 46.3 Å². The summed E-state index contributed by atoms with van der Waals surface area (Å²) in [6.45, 7) is 7.16. The molecule has 208 valence electrons. The van der Waals surface area contributed by atoms with Gasteiger partial charge >= 0.3 is 6.09 Å². The molecule has 5 rings (SSSR count). The van der Waals surface area contributed by atoms with E-state index in [9.17, 15) is 9.59 Å². The summed E-state index contributed by atoms with van der Waals surface area (Å²) in [7, 11) is 1.61. The van der Waals surface area contributed by atoms with Gasteiger partial charge in [-0.25, -0.2) is 9.78 Å². The molecule has 3 aromatic carbocycles. The third kappa shape index (κ3) is 5.99. The highest BCUT2D eigenvalue weighted by molar-refractivity contribution is 6.30. The topological polar surface area (TPSA) is 73.7 Å². The Balaban J connectivity index is 1.58. The van der Waals surface area contributed by atoms with Gasteiger partial charge in [0.15, 0.2) is 0 Å². The number of carbonyl (C=O) groups excluding carboxylic acids is 1. The van der Waals surface area contributed by atoms with Crippen LogP contribution in [0.15, 0.2) is 71.5 Å². The zero-order chi connectivity index (χ0) is 28.4. The molecule has 0 radical (unpaired) electrons. The van der Waals surface area contributed by atoms with Crippen molar-refractivity contribution in [3.05, 3.63) is 82.1 Å². The molecule has 0 saturated carbocycles. The van der Waals surface area contributed by atoms with Crippen LogP contribution in [-0.2, 0) is 11.3 Å². The highest BCUT2D eigenvalue weighted by Crippen LogP contribution is 2.31. The van der Waals surface area contributed by atoms with Gasteiger partial charge in [-0.3, -0.25) is 9.36 Å². The van der Waals surface area contributed by atoms with Gasteiger partial charge in [0.2, 0.25) is 0 Å². The number of piperidine rings is 1. The molecule has 0 aliphatic carbocycles. The van der Waals surface area contributed by atoms with Crippen LogP contribution in [0.2, 0.25) is 5.02 Å². The number of nitrogens with zero attached hydrogens (tertiary/aromatic N) is 3. The maximum absolute atomic E-state index is 14.2. The molecule has 1 aliphatic rings. The number of methoxy groups -OCH3 is 1. The lowest BCUT2D eigenvalue weighted by Gasteiger charge is -2.34. The first-order valence-corrected chi connectivity index (χ1v) is 13.9. The van der Waals surface area contributed by atoms with Crippen LogP contribution in [0.25, 0.3) is 33.4 Å². The molecule has 7 nitrogen and oxygen atoms in total. The number of ether oxygens (including phenoxy) is 2. The molecular formula is C32H34ClN3O4.